The molecular formula is C20H25NO5. The normalized spacial score (nSPS) is 10.6. The molecule has 0 atom stereocenters. The van der Waals surface area contributed by atoms with E-state index in [1.165, 1.54) is 7.11 Å². The summed E-state index contributed by atoms with van der Waals surface area (Å²) in [6.45, 7) is 0.0645. The largest absolute Gasteiger partial charge is 0.496 e. The molecule has 0 saturated carbocycles. The van der Waals surface area contributed by atoms with Crippen LogP contribution in [0.1, 0.15) is 37.7 Å². The average molecular weight is 359 g/mol. The van der Waals surface area contributed by atoms with Gasteiger partial charge in [-0.05, 0) is 18.2 Å². The fourth-order valence-corrected chi connectivity index (χ4v) is 2.86. The van der Waals surface area contributed by atoms with Gasteiger partial charge in [0.15, 0.2) is 0 Å². The van der Waals surface area contributed by atoms with Gasteiger partial charge >= 0.3 is 5.97 Å². The summed E-state index contributed by atoms with van der Waals surface area (Å²) in [5.74, 6) is 0.0646. The van der Waals surface area contributed by atoms with Crippen molar-refractivity contribution in [2.24, 2.45) is 0 Å². The van der Waals surface area contributed by atoms with E-state index in [2.05, 4.69) is 4.74 Å². The maximum atomic E-state index is 12.1. The van der Waals surface area contributed by atoms with E-state index in [-0.39, 0.29) is 24.8 Å². The van der Waals surface area contributed by atoms with Crippen molar-refractivity contribution in [1.82, 2.24) is 5.06 Å². The molecule has 0 saturated heterocycles. The van der Waals surface area contributed by atoms with E-state index in [9.17, 15) is 14.8 Å². The second-order valence-electron chi connectivity index (χ2n) is 6.07. The molecule has 0 unspecified atom stereocenters. The molecule has 0 spiro atoms. The molecule has 0 fully saturated rings. The molecule has 0 radical (unpaired) electrons. The van der Waals surface area contributed by atoms with Crippen molar-refractivity contribution in [3.63, 3.8) is 0 Å². The lowest BCUT2D eigenvalue weighted by Crippen LogP contribution is -2.26. The van der Waals surface area contributed by atoms with Crippen LogP contribution in [0.2, 0.25) is 0 Å². The third-order valence-electron chi connectivity index (χ3n) is 4.27. The average Bonchev–Trinajstić information content (AvgIpc) is 2.66. The van der Waals surface area contributed by atoms with Crippen LogP contribution in [0.4, 0.5) is 0 Å². The number of ether oxygens (including phenoxy) is 2. The highest BCUT2D eigenvalue weighted by Crippen LogP contribution is 2.30. The van der Waals surface area contributed by atoms with Gasteiger partial charge in [0.25, 0.3) is 0 Å². The van der Waals surface area contributed by atoms with Crippen LogP contribution < -0.4 is 4.74 Å². The molecule has 0 aliphatic carbocycles. The third kappa shape index (κ3) is 5.20. The van der Waals surface area contributed by atoms with Crippen LogP contribution >= 0.6 is 0 Å². The summed E-state index contributed by atoms with van der Waals surface area (Å²) in [6, 6.07) is 11.6. The first-order chi connectivity index (χ1) is 12.6. The Hall–Kier alpha value is -2.60. The number of amides is 1. The zero-order valence-electron chi connectivity index (χ0n) is 15.2. The van der Waals surface area contributed by atoms with Crippen molar-refractivity contribution in [2.75, 3.05) is 14.2 Å². The smallest absolute Gasteiger partial charge is 0.305 e. The Morgan fingerprint density at radius 2 is 1.73 bits per heavy atom. The van der Waals surface area contributed by atoms with Gasteiger partial charge in [0.1, 0.15) is 5.75 Å². The van der Waals surface area contributed by atoms with Gasteiger partial charge in [-0.25, -0.2) is 5.06 Å². The van der Waals surface area contributed by atoms with E-state index in [1.807, 2.05) is 36.4 Å². The Labute approximate surface area is 153 Å². The lowest BCUT2D eigenvalue weighted by Gasteiger charge is -2.18. The number of rotatable bonds is 9. The lowest BCUT2D eigenvalue weighted by atomic mass is 10.0. The Morgan fingerprint density at radius 3 is 2.46 bits per heavy atom. The lowest BCUT2D eigenvalue weighted by molar-refractivity contribution is -0.168. The maximum absolute atomic E-state index is 12.1. The number of fused-ring (bicyclic) bond motifs is 1. The van der Waals surface area contributed by atoms with Gasteiger partial charge in [0.2, 0.25) is 5.91 Å². The molecule has 0 aliphatic rings. The number of carbonyl (C=O) groups is 2. The van der Waals surface area contributed by atoms with Gasteiger partial charge in [-0.3, -0.25) is 14.8 Å². The zero-order valence-corrected chi connectivity index (χ0v) is 15.2. The van der Waals surface area contributed by atoms with Crippen LogP contribution in [-0.2, 0) is 20.9 Å². The Morgan fingerprint density at radius 1 is 1.00 bits per heavy atom. The van der Waals surface area contributed by atoms with Crippen LogP contribution in [-0.4, -0.2) is 36.4 Å². The fourth-order valence-electron chi connectivity index (χ4n) is 2.86. The molecule has 0 bridgehead atoms. The molecule has 6 nitrogen and oxygen atoms in total. The van der Waals surface area contributed by atoms with Crippen LogP contribution in [0.25, 0.3) is 10.8 Å². The van der Waals surface area contributed by atoms with Gasteiger partial charge in [-0.15, -0.1) is 0 Å². The number of methoxy groups -OCH3 is 2. The minimum absolute atomic E-state index is 0.0645. The third-order valence-corrected chi connectivity index (χ3v) is 4.27. The highest BCUT2D eigenvalue weighted by molar-refractivity contribution is 5.89. The molecule has 0 heterocycles. The van der Waals surface area contributed by atoms with Crippen LogP contribution in [0.3, 0.4) is 0 Å². The van der Waals surface area contributed by atoms with Gasteiger partial charge in [0.05, 0.1) is 20.8 Å². The van der Waals surface area contributed by atoms with E-state index in [0.717, 1.165) is 27.8 Å². The standard InChI is InChI=1S/C20H25NO5/c1-25-19(23)11-5-3-4-10-18(22)21(24)14-16-13-12-15-8-6-7-9-17(15)20(16)26-2/h6-9,12-13,24H,3-5,10-11,14H2,1-2H3. The molecule has 2 aromatic rings. The number of carbonyl (C=O) groups excluding carboxylic acids is 2. The summed E-state index contributed by atoms with van der Waals surface area (Å²) in [5.41, 5.74) is 0.743. The highest BCUT2D eigenvalue weighted by atomic mass is 16.5. The Balaban J connectivity index is 1.90. The number of nitrogens with zero attached hydrogens (tertiary/aromatic N) is 1. The zero-order chi connectivity index (χ0) is 18.9. The van der Waals surface area contributed by atoms with Gasteiger partial charge in [-0.2, -0.15) is 0 Å². The second-order valence-corrected chi connectivity index (χ2v) is 6.07. The van der Waals surface area contributed by atoms with Crippen molar-refractivity contribution in [1.29, 1.82) is 0 Å². The summed E-state index contributed by atoms with van der Waals surface area (Å²) in [4.78, 5) is 23.1. The number of hydrogen-bond acceptors (Lipinski definition) is 5. The fraction of sp³-hybridized carbons (Fsp3) is 0.400. The molecule has 0 aliphatic heterocycles. The summed E-state index contributed by atoms with van der Waals surface area (Å²) < 4.78 is 10.1. The minimum atomic E-state index is -0.349. The van der Waals surface area contributed by atoms with Gasteiger partial charge in [0, 0.05) is 23.8 Å². The van der Waals surface area contributed by atoms with E-state index in [4.69, 9.17) is 4.74 Å². The Kier molecular flexibility index (Phi) is 7.41. The molecule has 26 heavy (non-hydrogen) atoms. The first-order valence-corrected chi connectivity index (χ1v) is 8.67. The maximum Gasteiger partial charge on any atom is 0.305 e. The van der Waals surface area contributed by atoms with Crippen molar-refractivity contribution in [3.05, 3.63) is 42.0 Å². The van der Waals surface area contributed by atoms with Gasteiger partial charge < -0.3 is 9.47 Å². The van der Waals surface area contributed by atoms with Gasteiger partial charge in [-0.1, -0.05) is 42.8 Å². The van der Waals surface area contributed by atoms with Crippen molar-refractivity contribution in [3.8, 4) is 5.75 Å². The second kappa shape index (κ2) is 9.77. The van der Waals surface area contributed by atoms with E-state index >= 15 is 0 Å². The van der Waals surface area contributed by atoms with Crippen molar-refractivity contribution < 1.29 is 24.3 Å². The van der Waals surface area contributed by atoms with E-state index in [1.54, 1.807) is 7.11 Å². The molecule has 0 aromatic heterocycles. The Bertz CT molecular complexity index is 759. The number of benzene rings is 2. The van der Waals surface area contributed by atoms with Crippen LogP contribution in [0, 0.1) is 0 Å². The molecule has 1 N–H and O–H groups in total. The quantitative estimate of drug-likeness (QED) is 0.320. The minimum Gasteiger partial charge on any atom is -0.496 e. The van der Waals surface area contributed by atoms with E-state index in [0.29, 0.717) is 25.0 Å². The summed E-state index contributed by atoms with van der Waals surface area (Å²) in [7, 11) is 2.94. The molecular weight excluding hydrogens is 334 g/mol. The highest BCUT2D eigenvalue weighted by Gasteiger charge is 2.15. The molecule has 2 aromatic carbocycles. The summed E-state index contributed by atoms with van der Waals surface area (Å²) in [6.07, 6.45) is 2.59. The number of hydroxylamine groups is 2. The molecule has 6 heteroatoms. The number of esters is 1. The predicted octanol–water partition coefficient (Wildman–Crippen LogP) is 3.69. The molecule has 1 amide bonds. The van der Waals surface area contributed by atoms with E-state index < -0.39 is 0 Å². The monoisotopic (exact) mass is 359 g/mol. The first-order valence-electron chi connectivity index (χ1n) is 8.67. The SMILES string of the molecule is COC(=O)CCCCCC(=O)N(O)Cc1ccc2ccccc2c1OC. The molecule has 140 valence electrons. The first kappa shape index (κ1) is 19.7. The number of hydrogen-bond donors (Lipinski definition) is 1. The number of unbranched alkanes of at least 4 members (excludes halogenated alkanes) is 2. The topological polar surface area (TPSA) is 76.1 Å². The molecule has 2 rings (SSSR count). The predicted molar refractivity (Wildman–Crippen MR) is 97.9 cm³/mol. The summed E-state index contributed by atoms with van der Waals surface area (Å²) >= 11 is 0. The van der Waals surface area contributed by atoms with Crippen LogP contribution in [0.15, 0.2) is 36.4 Å². The van der Waals surface area contributed by atoms with Crippen molar-refractivity contribution in [2.45, 2.75) is 38.6 Å². The van der Waals surface area contributed by atoms with Crippen molar-refractivity contribution >= 4 is 22.6 Å². The summed E-state index contributed by atoms with van der Waals surface area (Å²) in [5, 5.41) is 12.8. The van der Waals surface area contributed by atoms with Crippen LogP contribution in [0.5, 0.6) is 5.75 Å².